The quantitative estimate of drug-likeness (QED) is 0.620. The fourth-order valence-corrected chi connectivity index (χ4v) is 1.07. The highest BCUT2D eigenvalue weighted by Gasteiger charge is 2.17. The lowest BCUT2D eigenvalue weighted by molar-refractivity contribution is -0.137. The van der Waals surface area contributed by atoms with Crippen LogP contribution in [0.15, 0.2) is 0 Å². The van der Waals surface area contributed by atoms with E-state index in [1.54, 1.807) is 14.0 Å². The number of carbonyl (C=O) groups excluding carboxylic acids is 1. The van der Waals surface area contributed by atoms with Gasteiger partial charge in [-0.3, -0.25) is 4.79 Å². The first-order valence-corrected chi connectivity index (χ1v) is 5.55. The Hall–Kier alpha value is -1.30. The number of hydrogen-bond acceptors (Lipinski definition) is 3. The third-order valence-electron chi connectivity index (χ3n) is 2.36. The van der Waals surface area contributed by atoms with Crippen LogP contribution in [0.5, 0.6) is 0 Å². The fourth-order valence-electron chi connectivity index (χ4n) is 1.07. The van der Waals surface area contributed by atoms with E-state index in [1.807, 2.05) is 13.8 Å². The maximum absolute atomic E-state index is 11.4. The standard InChI is InChI=1S/C11H22N2O4/c1-8(5-9(14)15)6-12-10(16)13-7-11(2,3)17-4/h8H,5-7H2,1-4H3,(H,14,15)(H2,12,13,16). The van der Waals surface area contributed by atoms with Gasteiger partial charge < -0.3 is 20.5 Å². The van der Waals surface area contributed by atoms with Gasteiger partial charge in [-0.05, 0) is 19.8 Å². The molecule has 0 rings (SSSR count). The van der Waals surface area contributed by atoms with E-state index in [1.165, 1.54) is 0 Å². The molecule has 0 aliphatic rings. The summed E-state index contributed by atoms with van der Waals surface area (Å²) in [4.78, 5) is 21.8. The number of rotatable bonds is 7. The van der Waals surface area contributed by atoms with Crippen LogP contribution >= 0.6 is 0 Å². The zero-order valence-corrected chi connectivity index (χ0v) is 10.9. The highest BCUT2D eigenvalue weighted by molar-refractivity contribution is 5.74. The van der Waals surface area contributed by atoms with Gasteiger partial charge in [0.25, 0.3) is 0 Å². The number of methoxy groups -OCH3 is 1. The second-order valence-corrected chi connectivity index (χ2v) is 4.73. The smallest absolute Gasteiger partial charge is 0.314 e. The zero-order chi connectivity index (χ0) is 13.5. The number of hydrogen-bond donors (Lipinski definition) is 3. The number of urea groups is 1. The topological polar surface area (TPSA) is 87.7 Å². The average molecular weight is 246 g/mol. The van der Waals surface area contributed by atoms with Gasteiger partial charge in [0.2, 0.25) is 0 Å². The Balaban J connectivity index is 3.77. The predicted octanol–water partition coefficient (Wildman–Crippen LogP) is 0.821. The van der Waals surface area contributed by atoms with Crippen LogP contribution in [0, 0.1) is 5.92 Å². The van der Waals surface area contributed by atoms with E-state index in [0.29, 0.717) is 13.1 Å². The Kier molecular flexibility index (Phi) is 6.57. The number of amides is 2. The normalized spacial score (nSPS) is 12.9. The molecule has 0 aromatic rings. The Labute approximate surface area is 102 Å². The van der Waals surface area contributed by atoms with Gasteiger partial charge in [0, 0.05) is 26.6 Å². The van der Waals surface area contributed by atoms with E-state index in [9.17, 15) is 9.59 Å². The van der Waals surface area contributed by atoms with Crippen LogP contribution in [0.25, 0.3) is 0 Å². The molecule has 100 valence electrons. The Morgan fingerprint density at radius 3 is 2.41 bits per heavy atom. The second kappa shape index (κ2) is 7.11. The highest BCUT2D eigenvalue weighted by Crippen LogP contribution is 2.04. The molecule has 0 saturated carbocycles. The molecule has 0 heterocycles. The number of ether oxygens (including phenoxy) is 1. The second-order valence-electron chi connectivity index (χ2n) is 4.73. The van der Waals surface area contributed by atoms with Crippen LogP contribution in [-0.2, 0) is 9.53 Å². The molecule has 1 unspecified atom stereocenters. The van der Waals surface area contributed by atoms with Crippen LogP contribution in [0.2, 0.25) is 0 Å². The largest absolute Gasteiger partial charge is 0.481 e. The summed E-state index contributed by atoms with van der Waals surface area (Å²) in [5, 5.41) is 13.8. The van der Waals surface area contributed by atoms with Gasteiger partial charge in [-0.15, -0.1) is 0 Å². The van der Waals surface area contributed by atoms with Crippen molar-refractivity contribution in [2.45, 2.75) is 32.8 Å². The number of nitrogens with one attached hydrogen (secondary N) is 2. The van der Waals surface area contributed by atoms with Gasteiger partial charge in [-0.2, -0.15) is 0 Å². The van der Waals surface area contributed by atoms with Crippen LogP contribution in [0.4, 0.5) is 4.79 Å². The van der Waals surface area contributed by atoms with Crippen LogP contribution in [0.3, 0.4) is 0 Å². The lowest BCUT2D eigenvalue weighted by Crippen LogP contribution is -2.45. The Morgan fingerprint density at radius 2 is 1.94 bits per heavy atom. The summed E-state index contributed by atoms with van der Waals surface area (Å²) in [6, 6.07) is -0.313. The molecule has 6 nitrogen and oxygen atoms in total. The van der Waals surface area contributed by atoms with Gasteiger partial charge in [0.1, 0.15) is 0 Å². The van der Waals surface area contributed by atoms with E-state index in [2.05, 4.69) is 10.6 Å². The average Bonchev–Trinajstić information content (AvgIpc) is 2.23. The molecular formula is C11H22N2O4. The summed E-state index contributed by atoms with van der Waals surface area (Å²) in [5.41, 5.74) is -0.413. The van der Waals surface area contributed by atoms with Crippen molar-refractivity contribution in [1.29, 1.82) is 0 Å². The summed E-state index contributed by atoms with van der Waals surface area (Å²) < 4.78 is 5.15. The van der Waals surface area contributed by atoms with E-state index in [-0.39, 0.29) is 18.4 Å². The van der Waals surface area contributed by atoms with Crippen LogP contribution in [0.1, 0.15) is 27.2 Å². The SMILES string of the molecule is COC(C)(C)CNC(=O)NCC(C)CC(=O)O. The summed E-state index contributed by atoms with van der Waals surface area (Å²) in [7, 11) is 1.58. The third kappa shape index (κ3) is 8.50. The molecule has 6 heteroatoms. The van der Waals surface area contributed by atoms with Crippen molar-refractivity contribution >= 4 is 12.0 Å². The maximum atomic E-state index is 11.4. The molecule has 0 aliphatic heterocycles. The van der Waals surface area contributed by atoms with Crippen molar-refractivity contribution in [3.63, 3.8) is 0 Å². The van der Waals surface area contributed by atoms with Gasteiger partial charge in [-0.25, -0.2) is 4.79 Å². The summed E-state index contributed by atoms with van der Waals surface area (Å²) in [5.74, 6) is -0.950. The molecule has 0 bridgehead atoms. The van der Waals surface area contributed by atoms with E-state index < -0.39 is 11.6 Å². The molecule has 17 heavy (non-hydrogen) atoms. The van der Waals surface area contributed by atoms with E-state index in [4.69, 9.17) is 9.84 Å². The first-order chi connectivity index (χ1) is 7.76. The van der Waals surface area contributed by atoms with Crippen molar-refractivity contribution < 1.29 is 19.4 Å². The number of aliphatic carboxylic acids is 1. The van der Waals surface area contributed by atoms with Gasteiger partial charge in [0.05, 0.1) is 5.60 Å². The molecule has 0 spiro atoms. The van der Waals surface area contributed by atoms with Crippen molar-refractivity contribution in [3.05, 3.63) is 0 Å². The van der Waals surface area contributed by atoms with Crippen molar-refractivity contribution in [2.75, 3.05) is 20.2 Å². The molecule has 0 fully saturated rings. The molecule has 1 atom stereocenters. The molecule has 0 saturated heterocycles. The monoisotopic (exact) mass is 246 g/mol. The highest BCUT2D eigenvalue weighted by atomic mass is 16.5. The first-order valence-electron chi connectivity index (χ1n) is 5.55. The van der Waals surface area contributed by atoms with Crippen molar-refractivity contribution in [1.82, 2.24) is 10.6 Å². The van der Waals surface area contributed by atoms with Gasteiger partial charge in [-0.1, -0.05) is 6.92 Å². The van der Waals surface area contributed by atoms with Gasteiger partial charge >= 0.3 is 12.0 Å². The Bertz CT molecular complexity index is 266. The van der Waals surface area contributed by atoms with E-state index in [0.717, 1.165) is 0 Å². The molecule has 0 aromatic heterocycles. The minimum absolute atomic E-state index is 0.0455. The van der Waals surface area contributed by atoms with Gasteiger partial charge in [0.15, 0.2) is 0 Å². The van der Waals surface area contributed by atoms with E-state index >= 15 is 0 Å². The lowest BCUT2D eigenvalue weighted by Gasteiger charge is -2.23. The number of carbonyl (C=O) groups is 2. The summed E-state index contributed by atoms with van der Waals surface area (Å²) in [6.07, 6.45) is 0.0455. The van der Waals surface area contributed by atoms with Crippen molar-refractivity contribution in [2.24, 2.45) is 5.92 Å². The van der Waals surface area contributed by atoms with Crippen molar-refractivity contribution in [3.8, 4) is 0 Å². The Morgan fingerprint density at radius 1 is 1.35 bits per heavy atom. The molecule has 0 aromatic carbocycles. The van der Waals surface area contributed by atoms with Crippen LogP contribution in [-0.4, -0.2) is 42.9 Å². The predicted molar refractivity (Wildman–Crippen MR) is 63.9 cm³/mol. The fraction of sp³-hybridized carbons (Fsp3) is 0.818. The minimum Gasteiger partial charge on any atom is -0.481 e. The minimum atomic E-state index is -0.861. The summed E-state index contributed by atoms with van der Waals surface area (Å²) >= 11 is 0. The molecule has 0 radical (unpaired) electrons. The molecule has 0 aliphatic carbocycles. The lowest BCUT2D eigenvalue weighted by atomic mass is 10.1. The molecular weight excluding hydrogens is 224 g/mol. The van der Waals surface area contributed by atoms with Crippen LogP contribution < -0.4 is 10.6 Å². The third-order valence-corrected chi connectivity index (χ3v) is 2.36. The molecule has 2 amide bonds. The number of carboxylic acid groups (broad SMARTS) is 1. The zero-order valence-electron chi connectivity index (χ0n) is 10.9. The summed E-state index contributed by atoms with van der Waals surface area (Å²) in [6.45, 7) is 6.22. The first kappa shape index (κ1) is 15.7. The maximum Gasteiger partial charge on any atom is 0.314 e. The molecule has 3 N–H and O–H groups in total. The number of carboxylic acids is 1.